The third-order valence-electron chi connectivity index (χ3n) is 4.39. The molecule has 0 aromatic carbocycles. The van der Waals surface area contributed by atoms with Gasteiger partial charge in [0.2, 0.25) is 0 Å². The zero-order valence-electron chi connectivity index (χ0n) is 11.6. The second-order valence-electron chi connectivity index (χ2n) is 5.88. The summed E-state index contributed by atoms with van der Waals surface area (Å²) in [6, 6.07) is 0. The van der Waals surface area contributed by atoms with E-state index < -0.39 is 0 Å². The highest BCUT2D eigenvalue weighted by Gasteiger charge is 2.16. The molecule has 2 unspecified atom stereocenters. The third kappa shape index (κ3) is 5.92. The quantitative estimate of drug-likeness (QED) is 0.522. The monoisotopic (exact) mass is 224 g/mol. The largest absolute Gasteiger partial charge is 0.0654 e. The first-order valence-electron chi connectivity index (χ1n) is 7.86. The summed E-state index contributed by atoms with van der Waals surface area (Å²) in [5.74, 6) is 2.15. The zero-order valence-corrected chi connectivity index (χ0v) is 11.6. The predicted octanol–water partition coefficient (Wildman–Crippen LogP) is 5.95. The summed E-state index contributed by atoms with van der Waals surface area (Å²) in [6.07, 6.45) is 17.9. The number of hydrogen-bond donors (Lipinski definition) is 0. The van der Waals surface area contributed by atoms with Crippen molar-refractivity contribution >= 4 is 0 Å². The van der Waals surface area contributed by atoms with Gasteiger partial charge < -0.3 is 0 Å². The summed E-state index contributed by atoms with van der Waals surface area (Å²) >= 11 is 0. The van der Waals surface area contributed by atoms with Gasteiger partial charge in [0, 0.05) is 0 Å². The molecule has 1 aliphatic carbocycles. The van der Waals surface area contributed by atoms with Crippen molar-refractivity contribution in [2.45, 2.75) is 90.9 Å². The lowest BCUT2D eigenvalue weighted by atomic mass is 9.81. The molecular formula is C16H32. The van der Waals surface area contributed by atoms with E-state index >= 15 is 0 Å². The Morgan fingerprint density at radius 3 is 1.50 bits per heavy atom. The molecule has 0 heteroatoms. The Kier molecular flexibility index (Phi) is 7.98. The third-order valence-corrected chi connectivity index (χ3v) is 4.39. The Morgan fingerprint density at radius 2 is 1.12 bits per heavy atom. The molecule has 1 saturated carbocycles. The highest BCUT2D eigenvalue weighted by Crippen LogP contribution is 2.31. The van der Waals surface area contributed by atoms with Crippen molar-refractivity contribution in [3.8, 4) is 0 Å². The molecule has 0 aliphatic heterocycles. The number of unbranched alkanes of at least 4 members (excludes halogenated alkanes) is 2. The van der Waals surface area contributed by atoms with Gasteiger partial charge in [0.15, 0.2) is 0 Å². The fourth-order valence-corrected chi connectivity index (χ4v) is 3.19. The molecular weight excluding hydrogens is 192 g/mol. The Hall–Kier alpha value is 0. The molecule has 1 fully saturated rings. The van der Waals surface area contributed by atoms with Crippen LogP contribution in [0.15, 0.2) is 0 Å². The van der Waals surface area contributed by atoms with E-state index in [-0.39, 0.29) is 0 Å². The molecule has 0 radical (unpaired) electrons. The van der Waals surface area contributed by atoms with Crippen LogP contribution in [0.1, 0.15) is 90.9 Å². The standard InChI is InChI=1S/C16H32/c1-3-5-9-15-11-7-8-12-16(14-13-15)10-6-4-2/h15-16H,3-14H2,1-2H3. The first-order chi connectivity index (χ1) is 7.86. The van der Waals surface area contributed by atoms with Gasteiger partial charge in [0.1, 0.15) is 0 Å². The molecule has 1 aliphatic rings. The van der Waals surface area contributed by atoms with Gasteiger partial charge in [0.05, 0.1) is 0 Å². The molecule has 16 heavy (non-hydrogen) atoms. The van der Waals surface area contributed by atoms with Gasteiger partial charge in [-0.1, -0.05) is 90.9 Å². The highest BCUT2D eigenvalue weighted by atomic mass is 14.2. The van der Waals surface area contributed by atoms with Crippen LogP contribution >= 0.6 is 0 Å². The maximum Gasteiger partial charge on any atom is -0.0414 e. The van der Waals surface area contributed by atoms with Crippen LogP contribution in [0.3, 0.4) is 0 Å². The molecule has 0 aromatic heterocycles. The summed E-state index contributed by atoms with van der Waals surface area (Å²) < 4.78 is 0. The lowest BCUT2D eigenvalue weighted by Gasteiger charge is -2.25. The summed E-state index contributed by atoms with van der Waals surface area (Å²) in [7, 11) is 0. The summed E-state index contributed by atoms with van der Waals surface area (Å²) in [6.45, 7) is 4.65. The SMILES string of the molecule is CCCCC1CCCCC(CCCC)CC1. The predicted molar refractivity (Wildman–Crippen MR) is 73.7 cm³/mol. The lowest BCUT2D eigenvalue weighted by molar-refractivity contribution is 0.283. The summed E-state index contributed by atoms with van der Waals surface area (Å²) in [4.78, 5) is 0. The minimum absolute atomic E-state index is 1.07. The summed E-state index contributed by atoms with van der Waals surface area (Å²) in [5.41, 5.74) is 0. The van der Waals surface area contributed by atoms with Crippen LogP contribution in [0.2, 0.25) is 0 Å². The molecule has 2 atom stereocenters. The molecule has 0 saturated heterocycles. The van der Waals surface area contributed by atoms with E-state index in [1.54, 1.807) is 0 Å². The van der Waals surface area contributed by atoms with Crippen LogP contribution in [0.25, 0.3) is 0 Å². The molecule has 0 heterocycles. The van der Waals surface area contributed by atoms with Crippen molar-refractivity contribution in [1.29, 1.82) is 0 Å². The van der Waals surface area contributed by atoms with E-state index in [2.05, 4.69) is 13.8 Å². The van der Waals surface area contributed by atoms with Crippen molar-refractivity contribution in [3.63, 3.8) is 0 Å². The van der Waals surface area contributed by atoms with Crippen molar-refractivity contribution in [1.82, 2.24) is 0 Å². The fourth-order valence-electron chi connectivity index (χ4n) is 3.19. The second-order valence-corrected chi connectivity index (χ2v) is 5.88. The van der Waals surface area contributed by atoms with Gasteiger partial charge in [-0.2, -0.15) is 0 Å². The van der Waals surface area contributed by atoms with Gasteiger partial charge in [-0.05, 0) is 11.8 Å². The van der Waals surface area contributed by atoms with Gasteiger partial charge in [-0.3, -0.25) is 0 Å². The van der Waals surface area contributed by atoms with Crippen molar-refractivity contribution < 1.29 is 0 Å². The van der Waals surface area contributed by atoms with E-state index in [1.165, 1.54) is 77.0 Å². The Labute approximate surface area is 103 Å². The van der Waals surface area contributed by atoms with Crippen LogP contribution in [-0.2, 0) is 0 Å². The van der Waals surface area contributed by atoms with Gasteiger partial charge >= 0.3 is 0 Å². The van der Waals surface area contributed by atoms with E-state index in [0.29, 0.717) is 0 Å². The molecule has 1 rings (SSSR count). The minimum atomic E-state index is 1.07. The first kappa shape index (κ1) is 14.1. The maximum absolute atomic E-state index is 2.33. The molecule has 96 valence electrons. The van der Waals surface area contributed by atoms with E-state index in [0.717, 1.165) is 11.8 Å². The van der Waals surface area contributed by atoms with Crippen molar-refractivity contribution in [2.75, 3.05) is 0 Å². The number of hydrogen-bond acceptors (Lipinski definition) is 0. The average molecular weight is 224 g/mol. The average Bonchev–Trinajstić information content (AvgIpc) is 2.27. The van der Waals surface area contributed by atoms with Crippen LogP contribution < -0.4 is 0 Å². The molecule has 0 aromatic rings. The molecule has 0 amide bonds. The maximum atomic E-state index is 2.33. The van der Waals surface area contributed by atoms with E-state index in [1.807, 2.05) is 0 Å². The molecule has 0 N–H and O–H groups in total. The Balaban J connectivity index is 2.22. The Bertz CT molecular complexity index is 128. The van der Waals surface area contributed by atoms with Crippen LogP contribution in [0.5, 0.6) is 0 Å². The normalized spacial score (nSPS) is 27.4. The van der Waals surface area contributed by atoms with Crippen LogP contribution in [0.4, 0.5) is 0 Å². The highest BCUT2D eigenvalue weighted by molar-refractivity contribution is 4.69. The minimum Gasteiger partial charge on any atom is -0.0654 e. The fraction of sp³-hybridized carbons (Fsp3) is 1.00. The van der Waals surface area contributed by atoms with Crippen LogP contribution in [-0.4, -0.2) is 0 Å². The zero-order chi connectivity index (χ0) is 11.6. The van der Waals surface area contributed by atoms with Crippen LogP contribution in [0, 0.1) is 11.8 Å². The van der Waals surface area contributed by atoms with Crippen molar-refractivity contribution in [3.05, 3.63) is 0 Å². The van der Waals surface area contributed by atoms with E-state index in [4.69, 9.17) is 0 Å². The van der Waals surface area contributed by atoms with Gasteiger partial charge in [0.25, 0.3) is 0 Å². The van der Waals surface area contributed by atoms with E-state index in [9.17, 15) is 0 Å². The second kappa shape index (κ2) is 9.07. The van der Waals surface area contributed by atoms with Crippen molar-refractivity contribution in [2.24, 2.45) is 11.8 Å². The van der Waals surface area contributed by atoms with Gasteiger partial charge in [-0.15, -0.1) is 0 Å². The summed E-state index contributed by atoms with van der Waals surface area (Å²) in [5, 5.41) is 0. The topological polar surface area (TPSA) is 0 Å². The number of rotatable bonds is 6. The lowest BCUT2D eigenvalue weighted by Crippen LogP contribution is -2.10. The molecule has 0 spiro atoms. The first-order valence-corrected chi connectivity index (χ1v) is 7.86. The smallest absolute Gasteiger partial charge is 0.0414 e. The molecule has 0 nitrogen and oxygen atoms in total. The molecule has 0 bridgehead atoms. The van der Waals surface area contributed by atoms with Gasteiger partial charge in [-0.25, -0.2) is 0 Å². The Morgan fingerprint density at radius 1 is 0.688 bits per heavy atom.